The van der Waals surface area contributed by atoms with Gasteiger partial charge in [0, 0.05) is 10.5 Å². The van der Waals surface area contributed by atoms with Gasteiger partial charge >= 0.3 is 6.01 Å². The van der Waals surface area contributed by atoms with Crippen molar-refractivity contribution in [1.82, 2.24) is 10.2 Å². The third-order valence-electron chi connectivity index (χ3n) is 2.88. The van der Waals surface area contributed by atoms with E-state index in [1.54, 1.807) is 30.0 Å². The zero-order valence-electron chi connectivity index (χ0n) is 11.7. The number of hydrogen-bond donors (Lipinski definition) is 1. The predicted octanol–water partition coefficient (Wildman–Crippen LogP) is 5.08. The van der Waals surface area contributed by atoms with Crippen molar-refractivity contribution in [1.29, 1.82) is 0 Å². The first-order chi connectivity index (χ1) is 11.1. The Morgan fingerprint density at radius 2 is 2.00 bits per heavy atom. The fourth-order valence-electron chi connectivity index (χ4n) is 1.78. The zero-order chi connectivity index (χ0) is 16.4. The molecule has 0 radical (unpaired) electrons. The predicted molar refractivity (Wildman–Crippen MR) is 93.8 cm³/mol. The number of carbonyl (C=O) groups is 1. The highest BCUT2D eigenvalue weighted by Gasteiger charge is 2.17. The minimum atomic E-state index is -0.331. The maximum absolute atomic E-state index is 12.1. The van der Waals surface area contributed by atoms with E-state index in [4.69, 9.17) is 27.6 Å². The number of thiophene rings is 1. The summed E-state index contributed by atoms with van der Waals surface area (Å²) in [6.07, 6.45) is 1.97. The monoisotopic (exact) mass is 385 g/mol. The van der Waals surface area contributed by atoms with Crippen LogP contribution in [0.2, 0.25) is 8.67 Å². The number of hydrogen-bond acceptors (Lipinski definition) is 6. The first kappa shape index (κ1) is 16.3. The molecule has 0 unspecified atom stereocenters. The molecule has 0 spiro atoms. The molecule has 0 saturated carbocycles. The number of nitrogens with one attached hydrogen (secondary N) is 1. The first-order valence-corrected chi connectivity index (χ1v) is 9.10. The van der Waals surface area contributed by atoms with E-state index >= 15 is 0 Å². The van der Waals surface area contributed by atoms with Crippen LogP contribution in [0.3, 0.4) is 0 Å². The van der Waals surface area contributed by atoms with Crippen LogP contribution < -0.4 is 5.32 Å². The van der Waals surface area contributed by atoms with Gasteiger partial charge in [-0.3, -0.25) is 10.1 Å². The Labute approximate surface area is 150 Å². The first-order valence-electron chi connectivity index (χ1n) is 6.31. The number of benzene rings is 1. The lowest BCUT2D eigenvalue weighted by atomic mass is 10.2. The van der Waals surface area contributed by atoms with Crippen LogP contribution in [0.25, 0.3) is 11.5 Å². The van der Waals surface area contributed by atoms with Crippen molar-refractivity contribution >= 4 is 58.2 Å². The van der Waals surface area contributed by atoms with E-state index in [9.17, 15) is 4.79 Å². The summed E-state index contributed by atoms with van der Waals surface area (Å²) in [5, 5.41) is 10.2. The lowest BCUT2D eigenvalue weighted by molar-refractivity contribution is 0.102. The highest BCUT2D eigenvalue weighted by molar-refractivity contribution is 7.98. The average Bonchev–Trinajstić information content (AvgIpc) is 3.13. The lowest BCUT2D eigenvalue weighted by Gasteiger charge is -2.01. The highest BCUT2D eigenvalue weighted by atomic mass is 35.5. The van der Waals surface area contributed by atoms with E-state index in [0.717, 1.165) is 4.90 Å². The quantitative estimate of drug-likeness (QED) is 0.634. The van der Waals surface area contributed by atoms with Crippen molar-refractivity contribution in [3.63, 3.8) is 0 Å². The van der Waals surface area contributed by atoms with E-state index in [0.29, 0.717) is 19.8 Å². The Hall–Kier alpha value is -1.54. The fourth-order valence-corrected chi connectivity index (χ4v) is 3.64. The van der Waals surface area contributed by atoms with Crippen LogP contribution in [-0.2, 0) is 0 Å². The molecule has 1 aromatic carbocycles. The molecule has 118 valence electrons. The highest BCUT2D eigenvalue weighted by Crippen LogP contribution is 2.37. The van der Waals surface area contributed by atoms with Gasteiger partial charge in [0.1, 0.15) is 4.34 Å². The molecule has 23 heavy (non-hydrogen) atoms. The number of thioether (sulfide) groups is 1. The number of rotatable bonds is 4. The molecule has 0 aliphatic rings. The molecule has 0 aliphatic heterocycles. The second kappa shape index (κ2) is 6.92. The summed E-state index contributed by atoms with van der Waals surface area (Å²) in [7, 11) is 0. The Balaban J connectivity index is 1.75. The number of aromatic nitrogens is 2. The van der Waals surface area contributed by atoms with Crippen molar-refractivity contribution in [2.45, 2.75) is 4.90 Å². The number of amides is 1. The van der Waals surface area contributed by atoms with Crippen LogP contribution in [0.4, 0.5) is 6.01 Å². The Morgan fingerprint density at radius 1 is 1.26 bits per heavy atom. The van der Waals surface area contributed by atoms with E-state index in [-0.39, 0.29) is 17.8 Å². The minimum Gasteiger partial charge on any atom is -0.403 e. The number of halogens is 2. The molecule has 3 rings (SSSR count). The average molecular weight is 386 g/mol. The van der Waals surface area contributed by atoms with Gasteiger partial charge in [0.2, 0.25) is 0 Å². The van der Waals surface area contributed by atoms with E-state index in [1.165, 1.54) is 11.3 Å². The molecule has 1 N–H and O–H groups in total. The molecular formula is C14H9Cl2N3O2S2. The smallest absolute Gasteiger partial charge is 0.322 e. The standard InChI is InChI=1S/C14H9Cl2N3O2S2/c1-22-8-4-2-7(3-5-8)12(20)17-14-19-18-13(21-14)9-6-10(15)23-11(9)16/h2-6H,1H3,(H,17,19,20). The molecule has 0 atom stereocenters. The molecule has 0 saturated heterocycles. The second-order valence-corrected chi connectivity index (χ2v) is 7.50. The molecule has 1 amide bonds. The minimum absolute atomic E-state index is 0.00247. The SMILES string of the molecule is CSc1ccc(C(=O)Nc2nnc(-c3cc(Cl)sc3Cl)o2)cc1. The second-order valence-electron chi connectivity index (χ2n) is 4.33. The van der Waals surface area contributed by atoms with Crippen molar-refractivity contribution in [2.24, 2.45) is 0 Å². The number of carbonyl (C=O) groups excluding carboxylic acids is 1. The number of anilines is 1. The summed E-state index contributed by atoms with van der Waals surface area (Å²) in [5.74, 6) is -0.131. The molecule has 2 aromatic heterocycles. The van der Waals surface area contributed by atoms with E-state index in [1.807, 2.05) is 18.4 Å². The van der Waals surface area contributed by atoms with Gasteiger partial charge in [-0.15, -0.1) is 28.2 Å². The Kier molecular flexibility index (Phi) is 4.91. The lowest BCUT2D eigenvalue weighted by Crippen LogP contribution is -2.11. The van der Waals surface area contributed by atoms with Crippen LogP contribution in [-0.4, -0.2) is 22.4 Å². The van der Waals surface area contributed by atoms with Gasteiger partial charge in [0.05, 0.1) is 9.90 Å². The van der Waals surface area contributed by atoms with Crippen LogP contribution in [0.5, 0.6) is 0 Å². The van der Waals surface area contributed by atoms with Gasteiger partial charge in [-0.05, 0) is 36.6 Å². The van der Waals surface area contributed by atoms with Crippen molar-refractivity contribution in [3.05, 3.63) is 44.6 Å². The maximum Gasteiger partial charge on any atom is 0.322 e. The van der Waals surface area contributed by atoms with Crippen LogP contribution >= 0.6 is 46.3 Å². The summed E-state index contributed by atoms with van der Waals surface area (Å²) in [5.41, 5.74) is 1.04. The van der Waals surface area contributed by atoms with E-state index < -0.39 is 0 Å². The normalized spacial score (nSPS) is 10.7. The third kappa shape index (κ3) is 3.69. The molecule has 0 fully saturated rings. The van der Waals surface area contributed by atoms with Crippen LogP contribution in [0, 0.1) is 0 Å². The topological polar surface area (TPSA) is 68.0 Å². The molecular weight excluding hydrogens is 377 g/mol. The summed E-state index contributed by atoms with van der Waals surface area (Å²) in [6, 6.07) is 8.83. The summed E-state index contributed by atoms with van der Waals surface area (Å²) in [4.78, 5) is 13.2. The molecule has 0 bridgehead atoms. The fraction of sp³-hybridized carbons (Fsp3) is 0.0714. The molecule has 5 nitrogen and oxygen atoms in total. The van der Waals surface area contributed by atoms with Crippen molar-refractivity contribution in [2.75, 3.05) is 11.6 Å². The van der Waals surface area contributed by atoms with Gasteiger partial charge in [-0.25, -0.2) is 0 Å². The summed E-state index contributed by atoms with van der Waals surface area (Å²) >= 11 is 14.7. The Morgan fingerprint density at radius 3 is 2.61 bits per heavy atom. The zero-order valence-corrected chi connectivity index (χ0v) is 14.8. The Bertz CT molecular complexity index is 846. The molecule has 9 heteroatoms. The van der Waals surface area contributed by atoms with Crippen LogP contribution in [0.1, 0.15) is 10.4 Å². The molecule has 3 aromatic rings. The third-order valence-corrected chi connectivity index (χ3v) is 5.12. The largest absolute Gasteiger partial charge is 0.403 e. The molecule has 2 heterocycles. The summed E-state index contributed by atoms with van der Waals surface area (Å²) in [6.45, 7) is 0. The van der Waals surface area contributed by atoms with Gasteiger partial charge in [0.15, 0.2) is 0 Å². The maximum atomic E-state index is 12.1. The van der Waals surface area contributed by atoms with Gasteiger partial charge in [-0.2, -0.15) is 0 Å². The van der Waals surface area contributed by atoms with Gasteiger partial charge < -0.3 is 4.42 Å². The van der Waals surface area contributed by atoms with E-state index in [2.05, 4.69) is 15.5 Å². The van der Waals surface area contributed by atoms with Crippen molar-refractivity contribution < 1.29 is 9.21 Å². The summed E-state index contributed by atoms with van der Waals surface area (Å²) < 4.78 is 6.37. The van der Waals surface area contributed by atoms with Gasteiger partial charge in [0.25, 0.3) is 11.8 Å². The van der Waals surface area contributed by atoms with Crippen molar-refractivity contribution in [3.8, 4) is 11.5 Å². The number of nitrogens with zero attached hydrogens (tertiary/aromatic N) is 2. The molecule has 0 aliphatic carbocycles. The van der Waals surface area contributed by atoms with Gasteiger partial charge in [-0.1, -0.05) is 28.3 Å². The van der Waals surface area contributed by atoms with Crippen LogP contribution in [0.15, 0.2) is 39.6 Å².